The van der Waals surface area contributed by atoms with Gasteiger partial charge in [-0.2, -0.15) is 0 Å². The fourth-order valence-electron chi connectivity index (χ4n) is 1.19. The highest BCUT2D eigenvalue weighted by atomic mass is 16.5. The van der Waals surface area contributed by atoms with Crippen LogP contribution >= 0.6 is 0 Å². The minimum Gasteiger partial charge on any atom is -0.456 e. The molecule has 0 radical (unpaired) electrons. The average Bonchev–Trinajstić information content (AvgIpc) is 2.27. The van der Waals surface area contributed by atoms with Gasteiger partial charge in [-0.15, -0.1) is 0 Å². The van der Waals surface area contributed by atoms with Crippen molar-refractivity contribution in [2.24, 2.45) is 0 Å². The summed E-state index contributed by atoms with van der Waals surface area (Å²) in [5.74, 6) is 4.55. The van der Waals surface area contributed by atoms with E-state index in [1.165, 1.54) is 0 Å². The average molecular weight is 216 g/mol. The number of aryl methyl sites for hydroxylation is 1. The molecular weight excluding hydrogens is 204 g/mol. The summed E-state index contributed by atoms with van der Waals surface area (Å²) >= 11 is 0. The molecule has 0 atom stereocenters. The number of carbonyl (C=O) groups is 2. The van der Waals surface area contributed by atoms with Gasteiger partial charge in [-0.1, -0.05) is 12.0 Å². The van der Waals surface area contributed by atoms with Crippen LogP contribution in [0.3, 0.4) is 0 Å². The Bertz CT molecular complexity index is 464. The highest BCUT2D eigenvalue weighted by molar-refractivity contribution is 5.89. The SMILES string of the molecule is CCOC(=O)C#Cc1ccc(C=O)cc1C. The number of hydrogen-bond donors (Lipinski definition) is 0. The number of rotatable bonds is 2. The summed E-state index contributed by atoms with van der Waals surface area (Å²) in [4.78, 5) is 21.5. The largest absolute Gasteiger partial charge is 0.456 e. The third-order valence-corrected chi connectivity index (χ3v) is 1.96. The van der Waals surface area contributed by atoms with E-state index in [0.717, 1.165) is 17.4 Å². The van der Waals surface area contributed by atoms with Gasteiger partial charge in [-0.25, -0.2) is 4.79 Å². The Hall–Kier alpha value is -2.08. The first-order valence-electron chi connectivity index (χ1n) is 4.92. The Morgan fingerprint density at radius 3 is 2.81 bits per heavy atom. The van der Waals surface area contributed by atoms with Crippen LogP contribution in [0, 0.1) is 18.8 Å². The predicted molar refractivity (Wildman–Crippen MR) is 60.1 cm³/mol. The second-order valence-corrected chi connectivity index (χ2v) is 3.16. The summed E-state index contributed by atoms with van der Waals surface area (Å²) in [5, 5.41) is 0. The van der Waals surface area contributed by atoms with Gasteiger partial charge in [0.15, 0.2) is 0 Å². The molecule has 0 aliphatic heterocycles. The summed E-state index contributed by atoms with van der Waals surface area (Å²) in [6.07, 6.45) is 0.773. The second kappa shape index (κ2) is 5.72. The zero-order valence-corrected chi connectivity index (χ0v) is 9.24. The second-order valence-electron chi connectivity index (χ2n) is 3.16. The Balaban J connectivity index is 2.89. The molecule has 3 nitrogen and oxygen atoms in total. The first-order valence-corrected chi connectivity index (χ1v) is 4.92. The summed E-state index contributed by atoms with van der Waals surface area (Å²) in [7, 11) is 0. The van der Waals surface area contributed by atoms with E-state index in [9.17, 15) is 9.59 Å². The van der Waals surface area contributed by atoms with Gasteiger partial charge in [0.05, 0.1) is 6.61 Å². The molecule has 0 heterocycles. The van der Waals surface area contributed by atoms with Crippen LogP contribution in [0.2, 0.25) is 0 Å². The molecule has 16 heavy (non-hydrogen) atoms. The topological polar surface area (TPSA) is 43.4 Å². The van der Waals surface area contributed by atoms with Crippen molar-refractivity contribution >= 4 is 12.3 Å². The first-order chi connectivity index (χ1) is 7.67. The van der Waals surface area contributed by atoms with Crippen molar-refractivity contribution < 1.29 is 14.3 Å². The van der Waals surface area contributed by atoms with Crippen LogP contribution < -0.4 is 0 Å². The van der Waals surface area contributed by atoms with Gasteiger partial charge >= 0.3 is 5.97 Å². The molecule has 3 heteroatoms. The maximum atomic E-state index is 11.0. The zero-order valence-electron chi connectivity index (χ0n) is 9.24. The van der Waals surface area contributed by atoms with Gasteiger partial charge in [0.1, 0.15) is 6.29 Å². The van der Waals surface area contributed by atoms with Crippen LogP contribution in [0.15, 0.2) is 18.2 Å². The molecule has 0 spiro atoms. The molecule has 0 aromatic heterocycles. The van der Waals surface area contributed by atoms with Crippen LogP contribution in [-0.4, -0.2) is 18.9 Å². The van der Waals surface area contributed by atoms with Crippen LogP contribution in [0.4, 0.5) is 0 Å². The van der Waals surface area contributed by atoms with Crippen molar-refractivity contribution in [3.63, 3.8) is 0 Å². The Kier molecular flexibility index (Phi) is 4.28. The van der Waals surface area contributed by atoms with Gasteiger partial charge in [0, 0.05) is 17.0 Å². The van der Waals surface area contributed by atoms with Crippen molar-refractivity contribution in [3.8, 4) is 11.8 Å². The molecule has 1 rings (SSSR count). The van der Waals surface area contributed by atoms with Crippen molar-refractivity contribution in [1.82, 2.24) is 0 Å². The molecular formula is C13H12O3. The van der Waals surface area contributed by atoms with Crippen molar-refractivity contribution in [3.05, 3.63) is 34.9 Å². The van der Waals surface area contributed by atoms with Gasteiger partial charge in [-0.05, 0) is 31.5 Å². The first kappa shape index (κ1) is 12.0. The van der Waals surface area contributed by atoms with E-state index in [1.54, 1.807) is 25.1 Å². The number of ether oxygens (including phenoxy) is 1. The number of esters is 1. The van der Waals surface area contributed by atoms with Crippen LogP contribution in [0.1, 0.15) is 28.4 Å². The lowest BCUT2D eigenvalue weighted by Crippen LogP contribution is -1.99. The van der Waals surface area contributed by atoms with Gasteiger partial charge in [0.2, 0.25) is 0 Å². The minimum atomic E-state index is -0.540. The quantitative estimate of drug-likeness (QED) is 0.429. The molecule has 0 unspecified atom stereocenters. The summed E-state index contributed by atoms with van der Waals surface area (Å²) in [5.41, 5.74) is 2.18. The van der Waals surface area contributed by atoms with Crippen LogP contribution in [-0.2, 0) is 9.53 Å². The molecule has 0 fully saturated rings. The Morgan fingerprint density at radius 2 is 2.25 bits per heavy atom. The lowest BCUT2D eigenvalue weighted by Gasteiger charge is -1.98. The van der Waals surface area contributed by atoms with Gasteiger partial charge in [0.25, 0.3) is 0 Å². The maximum Gasteiger partial charge on any atom is 0.384 e. The third-order valence-electron chi connectivity index (χ3n) is 1.96. The highest BCUT2D eigenvalue weighted by Crippen LogP contribution is 2.08. The summed E-state index contributed by atoms with van der Waals surface area (Å²) in [6.45, 7) is 3.88. The van der Waals surface area contributed by atoms with E-state index >= 15 is 0 Å². The molecule has 0 aliphatic rings. The van der Waals surface area contributed by atoms with Gasteiger partial charge in [-0.3, -0.25) is 4.79 Å². The fourth-order valence-corrected chi connectivity index (χ4v) is 1.19. The van der Waals surface area contributed by atoms with E-state index in [1.807, 2.05) is 6.92 Å². The molecule has 0 saturated heterocycles. The normalized spacial score (nSPS) is 8.88. The van der Waals surface area contributed by atoms with E-state index in [4.69, 9.17) is 0 Å². The van der Waals surface area contributed by atoms with Crippen molar-refractivity contribution in [2.45, 2.75) is 13.8 Å². The maximum absolute atomic E-state index is 11.0. The molecule has 1 aromatic rings. The Morgan fingerprint density at radius 1 is 1.50 bits per heavy atom. The standard InChI is InChI=1S/C13H12O3/c1-3-16-13(15)7-6-12-5-4-11(9-14)8-10(12)2/h4-5,8-9H,3H2,1-2H3. The van der Waals surface area contributed by atoms with Crippen LogP contribution in [0.25, 0.3) is 0 Å². The molecule has 0 saturated carbocycles. The van der Waals surface area contributed by atoms with E-state index in [-0.39, 0.29) is 0 Å². The van der Waals surface area contributed by atoms with E-state index < -0.39 is 5.97 Å². The number of benzene rings is 1. The molecule has 0 amide bonds. The number of carbonyl (C=O) groups excluding carboxylic acids is 2. The highest BCUT2D eigenvalue weighted by Gasteiger charge is 1.98. The monoisotopic (exact) mass is 216 g/mol. The van der Waals surface area contributed by atoms with Crippen molar-refractivity contribution in [2.75, 3.05) is 6.61 Å². The molecule has 0 aliphatic carbocycles. The van der Waals surface area contributed by atoms with Crippen molar-refractivity contribution in [1.29, 1.82) is 0 Å². The molecule has 0 N–H and O–H groups in total. The van der Waals surface area contributed by atoms with E-state index in [2.05, 4.69) is 16.6 Å². The predicted octanol–water partition coefficient (Wildman–Crippen LogP) is 1.72. The lowest BCUT2D eigenvalue weighted by molar-refractivity contribution is -0.136. The summed E-state index contributed by atoms with van der Waals surface area (Å²) < 4.78 is 4.68. The lowest BCUT2D eigenvalue weighted by atomic mass is 10.1. The zero-order chi connectivity index (χ0) is 12.0. The smallest absolute Gasteiger partial charge is 0.384 e. The van der Waals surface area contributed by atoms with Crippen LogP contribution in [0.5, 0.6) is 0 Å². The summed E-state index contributed by atoms with van der Waals surface area (Å²) in [6, 6.07) is 5.10. The minimum absolute atomic E-state index is 0.316. The number of hydrogen-bond acceptors (Lipinski definition) is 3. The molecule has 82 valence electrons. The van der Waals surface area contributed by atoms with E-state index in [0.29, 0.717) is 12.2 Å². The fraction of sp³-hybridized carbons (Fsp3) is 0.231. The Labute approximate surface area is 94.4 Å². The van der Waals surface area contributed by atoms with Gasteiger partial charge < -0.3 is 4.74 Å². The number of aldehydes is 1. The molecule has 0 bridgehead atoms. The third kappa shape index (κ3) is 3.25. The molecule has 1 aromatic carbocycles.